The topological polar surface area (TPSA) is 41.1 Å². The van der Waals surface area contributed by atoms with Crippen molar-refractivity contribution in [2.75, 3.05) is 11.9 Å². The molecule has 20 heavy (non-hydrogen) atoms. The number of benzene rings is 1. The zero-order valence-electron chi connectivity index (χ0n) is 10.2. The third-order valence-electron chi connectivity index (χ3n) is 2.33. The van der Waals surface area contributed by atoms with Crippen LogP contribution < -0.4 is 10.6 Å². The van der Waals surface area contributed by atoms with Gasteiger partial charge < -0.3 is 10.6 Å². The largest absolute Gasteiger partial charge is 0.369 e. The van der Waals surface area contributed by atoms with Gasteiger partial charge in [-0.15, -0.1) is 6.42 Å². The molecule has 1 atom stereocenters. The molecule has 1 aromatic carbocycles. The van der Waals surface area contributed by atoms with Gasteiger partial charge in [-0.25, -0.2) is 22.0 Å². The summed E-state index contributed by atoms with van der Waals surface area (Å²) in [5, 5.41) is 4.11. The monoisotopic (exact) mass is 292 g/mol. The standard InChI is InChI=1S/C12H9F5N2O/c1-3-4-18-12(20)5(2)19-11-9(16)7(14)6(13)8(15)10(11)17/h1,5,19H,4H2,2H3,(H,18,20). The van der Waals surface area contributed by atoms with Gasteiger partial charge in [0.05, 0.1) is 6.54 Å². The number of halogens is 5. The first kappa shape index (κ1) is 15.8. The summed E-state index contributed by atoms with van der Waals surface area (Å²) in [4.78, 5) is 11.4. The molecule has 1 aromatic rings. The molecule has 0 saturated carbocycles. The van der Waals surface area contributed by atoms with Crippen LogP contribution in [0.5, 0.6) is 0 Å². The first-order valence-corrected chi connectivity index (χ1v) is 5.30. The summed E-state index contributed by atoms with van der Waals surface area (Å²) in [5.74, 6) is -9.21. The van der Waals surface area contributed by atoms with Crippen LogP contribution in [0.15, 0.2) is 0 Å². The van der Waals surface area contributed by atoms with Crippen LogP contribution in [-0.4, -0.2) is 18.5 Å². The summed E-state index contributed by atoms with van der Waals surface area (Å²) in [6.07, 6.45) is 4.89. The number of carbonyl (C=O) groups excluding carboxylic acids is 1. The van der Waals surface area contributed by atoms with E-state index in [0.717, 1.165) is 0 Å². The number of nitrogens with one attached hydrogen (secondary N) is 2. The Bertz CT molecular complexity index is 553. The lowest BCUT2D eigenvalue weighted by molar-refractivity contribution is -0.121. The third kappa shape index (κ3) is 2.99. The van der Waals surface area contributed by atoms with Gasteiger partial charge in [0.1, 0.15) is 11.7 Å². The molecule has 1 rings (SSSR count). The number of anilines is 1. The molecule has 0 aliphatic heterocycles. The molecular formula is C12H9F5N2O. The van der Waals surface area contributed by atoms with Gasteiger partial charge in [0.2, 0.25) is 11.7 Å². The number of amides is 1. The van der Waals surface area contributed by atoms with Crippen LogP contribution in [0.4, 0.5) is 27.6 Å². The number of rotatable bonds is 4. The molecule has 108 valence electrons. The Kier molecular flexibility index (Phi) is 4.91. The molecule has 8 heteroatoms. The number of terminal acetylenes is 1. The van der Waals surface area contributed by atoms with Crippen molar-refractivity contribution >= 4 is 11.6 Å². The number of carbonyl (C=O) groups is 1. The molecule has 1 amide bonds. The van der Waals surface area contributed by atoms with Crippen LogP contribution in [0.25, 0.3) is 0 Å². The quantitative estimate of drug-likeness (QED) is 0.385. The minimum absolute atomic E-state index is 0.137. The van der Waals surface area contributed by atoms with Crippen LogP contribution in [0, 0.1) is 41.4 Å². The van der Waals surface area contributed by atoms with E-state index < -0.39 is 46.7 Å². The highest BCUT2D eigenvalue weighted by molar-refractivity contribution is 5.84. The van der Waals surface area contributed by atoms with Gasteiger partial charge >= 0.3 is 0 Å². The van der Waals surface area contributed by atoms with Crippen molar-refractivity contribution in [2.45, 2.75) is 13.0 Å². The highest BCUT2D eigenvalue weighted by Gasteiger charge is 2.27. The summed E-state index contributed by atoms with van der Waals surface area (Å²) in [6.45, 7) is 1.03. The number of hydrogen-bond donors (Lipinski definition) is 2. The molecule has 0 fully saturated rings. The van der Waals surface area contributed by atoms with Crippen molar-refractivity contribution in [3.05, 3.63) is 29.1 Å². The fourth-order valence-electron chi connectivity index (χ4n) is 1.30. The zero-order chi connectivity index (χ0) is 15.4. The normalized spacial score (nSPS) is 11.7. The maximum absolute atomic E-state index is 13.3. The van der Waals surface area contributed by atoms with Crippen LogP contribution in [0.1, 0.15) is 6.92 Å². The Morgan fingerprint density at radius 3 is 2.00 bits per heavy atom. The maximum atomic E-state index is 13.3. The van der Waals surface area contributed by atoms with Crippen molar-refractivity contribution in [3.8, 4) is 12.3 Å². The lowest BCUT2D eigenvalue weighted by Gasteiger charge is -2.16. The highest BCUT2D eigenvalue weighted by Crippen LogP contribution is 2.27. The molecular weight excluding hydrogens is 283 g/mol. The van der Waals surface area contributed by atoms with Crippen molar-refractivity contribution in [1.29, 1.82) is 0 Å². The van der Waals surface area contributed by atoms with E-state index in [1.807, 2.05) is 5.32 Å². The Morgan fingerprint density at radius 1 is 1.10 bits per heavy atom. The fraction of sp³-hybridized carbons (Fsp3) is 0.250. The third-order valence-corrected chi connectivity index (χ3v) is 2.33. The summed E-state index contributed by atoms with van der Waals surface area (Å²) in [5.41, 5.74) is -1.27. The Balaban J connectivity index is 3.05. The Morgan fingerprint density at radius 2 is 1.55 bits per heavy atom. The van der Waals surface area contributed by atoms with Crippen LogP contribution in [-0.2, 0) is 4.79 Å². The SMILES string of the molecule is C#CCNC(=O)C(C)Nc1c(F)c(F)c(F)c(F)c1F. The highest BCUT2D eigenvalue weighted by atomic mass is 19.2. The van der Waals surface area contributed by atoms with E-state index in [1.54, 1.807) is 0 Å². The van der Waals surface area contributed by atoms with Gasteiger partial charge in [-0.3, -0.25) is 4.79 Å². The lowest BCUT2D eigenvalue weighted by Crippen LogP contribution is -2.38. The second-order valence-electron chi connectivity index (χ2n) is 3.73. The number of hydrogen-bond acceptors (Lipinski definition) is 2. The van der Waals surface area contributed by atoms with E-state index in [0.29, 0.717) is 0 Å². The van der Waals surface area contributed by atoms with Crippen LogP contribution >= 0.6 is 0 Å². The first-order valence-electron chi connectivity index (χ1n) is 5.30. The van der Waals surface area contributed by atoms with Gasteiger partial charge in [0.25, 0.3) is 0 Å². The summed E-state index contributed by atoms with van der Waals surface area (Å²) in [7, 11) is 0. The van der Waals surface area contributed by atoms with Crippen LogP contribution in [0.2, 0.25) is 0 Å². The molecule has 0 bridgehead atoms. The zero-order valence-corrected chi connectivity index (χ0v) is 10.2. The van der Waals surface area contributed by atoms with Gasteiger partial charge in [0, 0.05) is 0 Å². The average molecular weight is 292 g/mol. The lowest BCUT2D eigenvalue weighted by atomic mass is 10.2. The fourth-order valence-corrected chi connectivity index (χ4v) is 1.30. The molecule has 0 spiro atoms. The van der Waals surface area contributed by atoms with Gasteiger partial charge in [-0.1, -0.05) is 5.92 Å². The molecule has 0 aromatic heterocycles. The summed E-state index contributed by atoms with van der Waals surface area (Å²) in [6, 6.07) is -1.25. The molecule has 3 nitrogen and oxygen atoms in total. The minimum atomic E-state index is -2.27. The molecule has 2 N–H and O–H groups in total. The average Bonchev–Trinajstić information content (AvgIpc) is 2.44. The van der Waals surface area contributed by atoms with E-state index in [2.05, 4.69) is 11.2 Å². The molecule has 0 aliphatic carbocycles. The minimum Gasteiger partial charge on any atom is -0.369 e. The second-order valence-corrected chi connectivity index (χ2v) is 3.73. The second kappa shape index (κ2) is 6.23. The first-order chi connectivity index (χ1) is 9.31. The predicted molar refractivity (Wildman–Crippen MR) is 61.2 cm³/mol. The molecule has 0 aliphatic rings. The molecule has 1 unspecified atom stereocenters. The summed E-state index contributed by atoms with van der Waals surface area (Å²) >= 11 is 0. The maximum Gasteiger partial charge on any atom is 0.242 e. The summed E-state index contributed by atoms with van der Waals surface area (Å²) < 4.78 is 65.3. The Hall–Kier alpha value is -2.30. The molecule has 0 radical (unpaired) electrons. The predicted octanol–water partition coefficient (Wildman–Crippen LogP) is 1.93. The van der Waals surface area contributed by atoms with Crippen LogP contribution in [0.3, 0.4) is 0 Å². The molecule has 0 saturated heterocycles. The van der Waals surface area contributed by atoms with Gasteiger partial charge in [-0.2, -0.15) is 0 Å². The smallest absolute Gasteiger partial charge is 0.242 e. The van der Waals surface area contributed by atoms with Crippen molar-refractivity contribution in [2.24, 2.45) is 0 Å². The van der Waals surface area contributed by atoms with Crippen molar-refractivity contribution < 1.29 is 26.7 Å². The van der Waals surface area contributed by atoms with E-state index in [4.69, 9.17) is 6.42 Å². The van der Waals surface area contributed by atoms with E-state index in [-0.39, 0.29) is 6.54 Å². The van der Waals surface area contributed by atoms with Crippen molar-refractivity contribution in [1.82, 2.24) is 5.32 Å². The van der Waals surface area contributed by atoms with Gasteiger partial charge in [-0.05, 0) is 6.92 Å². The van der Waals surface area contributed by atoms with E-state index >= 15 is 0 Å². The van der Waals surface area contributed by atoms with Gasteiger partial charge in [0.15, 0.2) is 23.3 Å². The Labute approximate surface area is 111 Å². The van der Waals surface area contributed by atoms with E-state index in [9.17, 15) is 26.7 Å². The van der Waals surface area contributed by atoms with Crippen molar-refractivity contribution in [3.63, 3.8) is 0 Å². The molecule has 0 heterocycles. The van der Waals surface area contributed by atoms with E-state index in [1.165, 1.54) is 6.92 Å².